The van der Waals surface area contributed by atoms with E-state index in [1.54, 1.807) is 0 Å². The Kier molecular flexibility index (Phi) is 6.43. The minimum atomic E-state index is -4.46. The Balaban J connectivity index is 1.41. The van der Waals surface area contributed by atoms with Gasteiger partial charge in [-0.2, -0.15) is 18.3 Å². The number of nitrogens with zero attached hydrogens (tertiary/aromatic N) is 2. The van der Waals surface area contributed by atoms with Gasteiger partial charge in [0.2, 0.25) is 5.91 Å². The Hall–Kier alpha value is -2.92. The van der Waals surface area contributed by atoms with Gasteiger partial charge in [0.1, 0.15) is 5.82 Å². The lowest BCUT2D eigenvalue weighted by Crippen LogP contribution is -2.47. The fourth-order valence-electron chi connectivity index (χ4n) is 3.70. The number of hydrogen-bond donors (Lipinski definition) is 1. The number of halogens is 5. The fraction of sp³-hybridized carbons (Fsp3) is 0.273. The van der Waals surface area contributed by atoms with Gasteiger partial charge in [0, 0.05) is 18.3 Å². The first-order valence-electron chi connectivity index (χ1n) is 10.2. The first kappa shape index (κ1) is 24.2. The van der Waals surface area contributed by atoms with Gasteiger partial charge in [0.05, 0.1) is 27.3 Å². The minimum Gasteiger partial charge on any atom is -0.352 e. The van der Waals surface area contributed by atoms with Gasteiger partial charge in [-0.25, -0.2) is 17.5 Å². The average molecular weight is 516 g/mol. The molecule has 0 aliphatic heterocycles. The highest BCUT2D eigenvalue weighted by Crippen LogP contribution is 2.37. The normalized spacial score (nSPS) is 18.4. The Labute approximate surface area is 197 Å². The van der Waals surface area contributed by atoms with Crippen molar-refractivity contribution >= 4 is 27.3 Å². The number of carbonyl (C=O) groups is 1. The van der Waals surface area contributed by atoms with Gasteiger partial charge < -0.3 is 5.32 Å². The van der Waals surface area contributed by atoms with Crippen LogP contribution in [0.1, 0.15) is 24.0 Å². The molecule has 2 atom stereocenters. The highest BCUT2D eigenvalue weighted by atomic mass is 35.5. The highest BCUT2D eigenvalue weighted by molar-refractivity contribution is 7.92. The standard InChI is InChI=1S/C22H18ClF4N3O3S/c23-20-13(12-30(29-20)16-5-1-14(2-6-16)22(25,26)27)11-28-21(31)18-9-10-19(18)34(32,33)17-7-3-15(24)4-8-17/h1-8,12,18-19H,9-11H2,(H,28,31). The first-order chi connectivity index (χ1) is 16.0. The molecule has 2 unspecified atom stereocenters. The lowest BCUT2D eigenvalue weighted by atomic mass is 9.84. The van der Waals surface area contributed by atoms with Crippen LogP contribution in [0.4, 0.5) is 17.6 Å². The molecule has 0 saturated heterocycles. The largest absolute Gasteiger partial charge is 0.416 e. The van der Waals surface area contributed by atoms with E-state index in [9.17, 15) is 30.8 Å². The molecule has 1 amide bonds. The van der Waals surface area contributed by atoms with Crippen molar-refractivity contribution in [3.05, 3.63) is 76.8 Å². The lowest BCUT2D eigenvalue weighted by Gasteiger charge is -2.34. The number of alkyl halides is 3. The van der Waals surface area contributed by atoms with Crippen LogP contribution >= 0.6 is 11.6 Å². The molecule has 1 aliphatic rings. The van der Waals surface area contributed by atoms with Crippen molar-refractivity contribution in [3.63, 3.8) is 0 Å². The van der Waals surface area contributed by atoms with Crippen molar-refractivity contribution in [1.82, 2.24) is 15.1 Å². The molecule has 1 aromatic heterocycles. The summed E-state index contributed by atoms with van der Waals surface area (Å²) in [5.74, 6) is -1.80. The van der Waals surface area contributed by atoms with E-state index in [2.05, 4.69) is 10.4 Å². The monoisotopic (exact) mass is 515 g/mol. The van der Waals surface area contributed by atoms with Crippen LogP contribution in [-0.4, -0.2) is 29.4 Å². The molecule has 0 radical (unpaired) electrons. The van der Waals surface area contributed by atoms with Gasteiger partial charge >= 0.3 is 6.18 Å². The summed E-state index contributed by atoms with van der Waals surface area (Å²) in [6.45, 7) is -0.0435. The van der Waals surface area contributed by atoms with Crippen LogP contribution in [0.2, 0.25) is 5.15 Å². The third kappa shape index (κ3) is 4.80. The van der Waals surface area contributed by atoms with Crippen LogP contribution in [0, 0.1) is 11.7 Å². The quantitative estimate of drug-likeness (QED) is 0.386. The summed E-state index contributed by atoms with van der Waals surface area (Å²) in [4.78, 5) is 12.6. The van der Waals surface area contributed by atoms with E-state index in [-0.39, 0.29) is 16.6 Å². The second kappa shape index (κ2) is 9.03. The molecule has 0 bridgehead atoms. The van der Waals surface area contributed by atoms with Crippen LogP contribution in [0.5, 0.6) is 0 Å². The first-order valence-corrected chi connectivity index (χ1v) is 12.1. The van der Waals surface area contributed by atoms with Crippen molar-refractivity contribution in [2.24, 2.45) is 5.92 Å². The maximum Gasteiger partial charge on any atom is 0.416 e. The van der Waals surface area contributed by atoms with Gasteiger partial charge in [-0.1, -0.05) is 11.6 Å². The summed E-state index contributed by atoms with van der Waals surface area (Å²) in [7, 11) is -3.80. The number of benzene rings is 2. The molecule has 180 valence electrons. The van der Waals surface area contributed by atoms with Gasteiger partial charge in [-0.3, -0.25) is 4.79 Å². The zero-order valence-electron chi connectivity index (χ0n) is 17.4. The summed E-state index contributed by atoms with van der Waals surface area (Å²) < 4.78 is 78.3. The van der Waals surface area contributed by atoms with Crippen molar-refractivity contribution in [2.75, 3.05) is 0 Å². The molecule has 0 spiro atoms. The van der Waals surface area contributed by atoms with Crippen molar-refractivity contribution in [1.29, 1.82) is 0 Å². The van der Waals surface area contributed by atoms with E-state index in [4.69, 9.17) is 11.6 Å². The van der Waals surface area contributed by atoms with E-state index in [0.717, 1.165) is 24.3 Å². The summed E-state index contributed by atoms with van der Waals surface area (Å²) in [6.07, 6.45) is -2.29. The molecular formula is C22H18ClF4N3O3S. The maximum atomic E-state index is 13.1. The Morgan fingerprint density at radius 2 is 1.74 bits per heavy atom. The molecule has 12 heteroatoms. The second-order valence-electron chi connectivity index (χ2n) is 7.87. The van der Waals surface area contributed by atoms with Crippen molar-refractivity contribution < 1.29 is 30.8 Å². The third-order valence-corrected chi connectivity index (χ3v) is 8.35. The summed E-state index contributed by atoms with van der Waals surface area (Å²) in [6, 6.07) is 8.78. The Bertz CT molecular complexity index is 1310. The molecule has 3 aromatic rings. The smallest absolute Gasteiger partial charge is 0.352 e. The highest BCUT2D eigenvalue weighted by Gasteiger charge is 2.45. The summed E-state index contributed by atoms with van der Waals surface area (Å²) in [5.41, 5.74) is -0.0447. The zero-order valence-corrected chi connectivity index (χ0v) is 19.0. The number of aromatic nitrogens is 2. The van der Waals surface area contributed by atoms with Crippen molar-refractivity contribution in [2.45, 2.75) is 35.7 Å². The van der Waals surface area contributed by atoms with Crippen molar-refractivity contribution in [3.8, 4) is 5.69 Å². The molecule has 1 N–H and O–H groups in total. The third-order valence-electron chi connectivity index (χ3n) is 5.74. The number of hydrogen-bond acceptors (Lipinski definition) is 4. The molecule has 6 nitrogen and oxygen atoms in total. The molecule has 4 rings (SSSR count). The van der Waals surface area contributed by atoms with Gasteiger partial charge in [-0.05, 0) is 61.4 Å². The van der Waals surface area contributed by atoms with Crippen LogP contribution in [0.15, 0.2) is 59.6 Å². The number of nitrogens with one attached hydrogen (secondary N) is 1. The van der Waals surface area contributed by atoms with Gasteiger partial charge in [0.15, 0.2) is 15.0 Å². The van der Waals surface area contributed by atoms with E-state index < -0.39 is 44.5 Å². The maximum absolute atomic E-state index is 13.1. The fourth-order valence-corrected chi connectivity index (χ4v) is 5.90. The Morgan fingerprint density at radius 3 is 2.29 bits per heavy atom. The molecule has 1 fully saturated rings. The predicted octanol–water partition coefficient (Wildman–Crippen LogP) is 4.55. The summed E-state index contributed by atoms with van der Waals surface area (Å²) in [5, 5.41) is 5.83. The number of rotatable bonds is 6. The average Bonchev–Trinajstić information content (AvgIpc) is 3.11. The van der Waals surface area contributed by atoms with Gasteiger partial charge in [-0.15, -0.1) is 0 Å². The van der Waals surface area contributed by atoms with Crippen LogP contribution in [0.3, 0.4) is 0 Å². The van der Waals surface area contributed by atoms with E-state index >= 15 is 0 Å². The molecular weight excluding hydrogens is 498 g/mol. The number of carbonyl (C=O) groups excluding carboxylic acids is 1. The Morgan fingerprint density at radius 1 is 1.09 bits per heavy atom. The number of amides is 1. The topological polar surface area (TPSA) is 81.1 Å². The van der Waals surface area contributed by atoms with Crippen LogP contribution in [0.25, 0.3) is 5.69 Å². The van der Waals surface area contributed by atoms with Crippen LogP contribution < -0.4 is 5.32 Å². The second-order valence-corrected chi connectivity index (χ2v) is 10.4. The molecule has 1 aliphatic carbocycles. The predicted molar refractivity (Wildman–Crippen MR) is 116 cm³/mol. The van der Waals surface area contributed by atoms with E-state index in [1.807, 2.05) is 0 Å². The number of sulfone groups is 1. The molecule has 1 saturated carbocycles. The molecule has 34 heavy (non-hydrogen) atoms. The van der Waals surface area contributed by atoms with Crippen LogP contribution in [-0.2, 0) is 27.4 Å². The summed E-state index contributed by atoms with van der Waals surface area (Å²) >= 11 is 6.11. The van der Waals surface area contributed by atoms with E-state index in [1.165, 1.54) is 35.1 Å². The van der Waals surface area contributed by atoms with E-state index in [0.29, 0.717) is 24.1 Å². The van der Waals surface area contributed by atoms with Gasteiger partial charge in [0.25, 0.3) is 0 Å². The SMILES string of the molecule is O=C(NCc1cn(-c2ccc(C(F)(F)F)cc2)nc1Cl)C1CCC1S(=O)(=O)c1ccc(F)cc1. The minimum absolute atomic E-state index is 0.0435. The molecule has 1 heterocycles. The zero-order chi connectivity index (χ0) is 24.7. The molecule has 2 aromatic carbocycles. The lowest BCUT2D eigenvalue weighted by molar-refractivity contribution is -0.137.